The van der Waals surface area contributed by atoms with Crippen LogP contribution in [0, 0.1) is 0 Å². The van der Waals surface area contributed by atoms with E-state index in [2.05, 4.69) is 10.3 Å². The zero-order chi connectivity index (χ0) is 27.4. The third-order valence-electron chi connectivity index (χ3n) is 5.51. The van der Waals surface area contributed by atoms with Crippen molar-refractivity contribution in [3.8, 4) is 0 Å². The molecule has 0 heterocycles. The molecule has 0 atom stereocenters. The molecule has 0 spiro atoms. The molecule has 0 saturated carbocycles. The molecule has 2 aromatic rings. The van der Waals surface area contributed by atoms with Gasteiger partial charge in [-0.3, -0.25) is 8.57 Å². The Morgan fingerprint density at radius 2 is 0.889 bits per heavy atom. The summed E-state index contributed by atoms with van der Waals surface area (Å²) in [4.78, 5) is -0.0792. The minimum Gasteiger partial charge on any atom is -0.264 e. The van der Waals surface area contributed by atoms with Crippen molar-refractivity contribution < 1.29 is 25.4 Å². The van der Waals surface area contributed by atoms with Crippen molar-refractivity contribution in [2.24, 2.45) is 10.3 Å². The van der Waals surface area contributed by atoms with E-state index in [1.54, 1.807) is 38.1 Å². The van der Waals surface area contributed by atoms with Crippen molar-refractivity contribution in [1.82, 2.24) is 0 Å². The first-order chi connectivity index (χ1) is 16.5. The summed E-state index contributed by atoms with van der Waals surface area (Å²) < 4.78 is 60.3. The molecule has 0 aliphatic carbocycles. The summed E-state index contributed by atoms with van der Waals surface area (Å²) in [6.45, 7) is 15.6. The maximum absolute atomic E-state index is 12.6. The molecule has 0 aliphatic rings. The van der Waals surface area contributed by atoms with Crippen molar-refractivity contribution >= 4 is 31.7 Å². The number of oxime groups is 2. The van der Waals surface area contributed by atoms with E-state index in [0.717, 1.165) is 11.1 Å². The van der Waals surface area contributed by atoms with Crippen LogP contribution < -0.4 is 0 Å². The molecule has 0 aromatic heterocycles. The summed E-state index contributed by atoms with van der Waals surface area (Å²) in [5.41, 5.74) is 2.02. The third kappa shape index (κ3) is 7.64. The number of benzene rings is 2. The molecule has 0 aliphatic heterocycles. The van der Waals surface area contributed by atoms with Gasteiger partial charge in [0.25, 0.3) is 0 Å². The molecule has 0 fully saturated rings. The van der Waals surface area contributed by atoms with Crippen molar-refractivity contribution in [3.63, 3.8) is 0 Å². The Labute approximate surface area is 215 Å². The molecule has 0 radical (unpaired) electrons. The monoisotopic (exact) mass is 536 g/mol. The molecule has 0 bridgehead atoms. The van der Waals surface area contributed by atoms with Crippen LogP contribution in [0.2, 0.25) is 0 Å². The van der Waals surface area contributed by atoms with Gasteiger partial charge in [0.05, 0.1) is 0 Å². The summed E-state index contributed by atoms with van der Waals surface area (Å²) in [5.74, 6) is 0. The Bertz CT molecular complexity index is 1210. The molecule has 0 N–H and O–H groups in total. The van der Waals surface area contributed by atoms with Gasteiger partial charge in [-0.15, -0.1) is 0 Å². The van der Waals surface area contributed by atoms with Gasteiger partial charge in [0.2, 0.25) is 0 Å². The second-order valence-corrected chi connectivity index (χ2v) is 13.4. The van der Waals surface area contributed by atoms with Crippen molar-refractivity contribution in [1.29, 1.82) is 0 Å². The van der Waals surface area contributed by atoms with Gasteiger partial charge in [0, 0.05) is 0 Å². The zero-order valence-corrected chi connectivity index (χ0v) is 23.8. The number of nitrogens with zero attached hydrogens (tertiary/aromatic N) is 2. The van der Waals surface area contributed by atoms with E-state index in [1.165, 1.54) is 24.3 Å². The van der Waals surface area contributed by atoms with Crippen LogP contribution >= 0.6 is 0 Å². The SMILES string of the molecule is CCC(=NOS(=O)(=O)c1ccc(C(C)(C)C)cc1)C(CC)=NOS(=O)(=O)c1ccc(C(C)(C)C)cc1. The maximum atomic E-state index is 12.6. The second kappa shape index (κ2) is 11.1. The van der Waals surface area contributed by atoms with E-state index >= 15 is 0 Å². The topological polar surface area (TPSA) is 111 Å². The van der Waals surface area contributed by atoms with E-state index in [1.807, 2.05) is 41.5 Å². The fourth-order valence-electron chi connectivity index (χ4n) is 3.16. The predicted molar refractivity (Wildman–Crippen MR) is 142 cm³/mol. The Balaban J connectivity index is 2.24. The van der Waals surface area contributed by atoms with Crippen LogP contribution in [0.5, 0.6) is 0 Å². The lowest BCUT2D eigenvalue weighted by molar-refractivity contribution is 0.333. The number of rotatable bonds is 9. The predicted octanol–water partition coefficient (Wildman–Crippen LogP) is 5.92. The third-order valence-corrected chi connectivity index (χ3v) is 7.75. The maximum Gasteiger partial charge on any atom is 0.358 e. The average Bonchev–Trinajstić information content (AvgIpc) is 2.80. The highest BCUT2D eigenvalue weighted by Crippen LogP contribution is 2.25. The quantitative estimate of drug-likeness (QED) is 0.290. The van der Waals surface area contributed by atoms with Gasteiger partial charge in [0.15, 0.2) is 0 Å². The highest BCUT2D eigenvalue weighted by molar-refractivity contribution is 7.87. The lowest BCUT2D eigenvalue weighted by Gasteiger charge is -2.19. The minimum atomic E-state index is -4.17. The van der Waals surface area contributed by atoms with Crippen LogP contribution in [0.4, 0.5) is 0 Å². The first-order valence-electron chi connectivity index (χ1n) is 11.7. The molecular weight excluding hydrogens is 500 g/mol. The van der Waals surface area contributed by atoms with Crippen LogP contribution in [0.15, 0.2) is 68.6 Å². The largest absolute Gasteiger partial charge is 0.358 e. The Hall–Kier alpha value is -2.72. The van der Waals surface area contributed by atoms with Gasteiger partial charge in [-0.05, 0) is 59.1 Å². The minimum absolute atomic E-state index is 0.0396. The van der Waals surface area contributed by atoms with Gasteiger partial charge < -0.3 is 0 Å². The molecule has 0 amide bonds. The first kappa shape index (κ1) is 29.5. The van der Waals surface area contributed by atoms with Crippen molar-refractivity contribution in [2.75, 3.05) is 0 Å². The molecule has 0 saturated heterocycles. The first-order valence-corrected chi connectivity index (χ1v) is 14.6. The van der Waals surface area contributed by atoms with Crippen molar-refractivity contribution in [2.45, 2.75) is 88.9 Å². The second-order valence-electron chi connectivity index (χ2n) is 10.4. The molecule has 8 nitrogen and oxygen atoms in total. The van der Waals surface area contributed by atoms with Crippen LogP contribution in [0.1, 0.15) is 79.4 Å². The fraction of sp³-hybridized carbons (Fsp3) is 0.462. The Kier molecular flexibility index (Phi) is 9.12. The number of hydrogen-bond donors (Lipinski definition) is 0. The highest BCUT2D eigenvalue weighted by Gasteiger charge is 2.22. The van der Waals surface area contributed by atoms with E-state index in [9.17, 15) is 16.8 Å². The summed E-state index contributed by atoms with van der Waals surface area (Å²) in [6.07, 6.45) is 0.490. The summed E-state index contributed by atoms with van der Waals surface area (Å²) in [5, 5.41) is 7.54. The summed E-state index contributed by atoms with van der Waals surface area (Å²) in [6, 6.07) is 12.8. The number of hydrogen-bond acceptors (Lipinski definition) is 8. The molecule has 10 heteroatoms. The highest BCUT2D eigenvalue weighted by atomic mass is 32.2. The fourth-order valence-corrected chi connectivity index (χ4v) is 4.65. The standard InChI is InChI=1S/C26H36N2O6S2/c1-9-23(27-33-35(29,30)21-15-11-19(12-16-21)25(3,4)5)24(10-2)28-34-36(31,32)22-17-13-20(14-18-22)26(6,7)8/h11-18H,9-10H2,1-8H3. The van der Waals surface area contributed by atoms with E-state index in [-0.39, 0.29) is 44.9 Å². The Morgan fingerprint density at radius 3 is 1.11 bits per heavy atom. The smallest absolute Gasteiger partial charge is 0.264 e. The molecule has 2 aromatic carbocycles. The average molecular weight is 537 g/mol. The lowest BCUT2D eigenvalue weighted by Crippen LogP contribution is -2.16. The van der Waals surface area contributed by atoms with E-state index in [4.69, 9.17) is 8.57 Å². The van der Waals surface area contributed by atoms with Gasteiger partial charge in [-0.1, -0.05) is 90.0 Å². The lowest BCUT2D eigenvalue weighted by atomic mass is 9.87. The zero-order valence-electron chi connectivity index (χ0n) is 22.2. The van der Waals surface area contributed by atoms with Crippen LogP contribution in [-0.2, 0) is 39.6 Å². The Morgan fingerprint density at radius 1 is 0.611 bits per heavy atom. The van der Waals surface area contributed by atoms with Crippen LogP contribution in [0.25, 0.3) is 0 Å². The van der Waals surface area contributed by atoms with Gasteiger partial charge in [0.1, 0.15) is 21.2 Å². The van der Waals surface area contributed by atoms with Gasteiger partial charge in [-0.25, -0.2) is 0 Å². The van der Waals surface area contributed by atoms with Gasteiger partial charge >= 0.3 is 20.2 Å². The summed E-state index contributed by atoms with van der Waals surface area (Å²) in [7, 11) is -8.35. The van der Waals surface area contributed by atoms with E-state index < -0.39 is 20.2 Å². The van der Waals surface area contributed by atoms with Crippen LogP contribution in [-0.4, -0.2) is 28.3 Å². The molecule has 36 heavy (non-hydrogen) atoms. The van der Waals surface area contributed by atoms with Crippen LogP contribution in [0.3, 0.4) is 0 Å². The molecular formula is C26H36N2O6S2. The molecule has 0 unspecified atom stereocenters. The summed E-state index contributed by atoms with van der Waals surface area (Å²) >= 11 is 0. The van der Waals surface area contributed by atoms with Gasteiger partial charge in [-0.2, -0.15) is 16.8 Å². The van der Waals surface area contributed by atoms with Crippen molar-refractivity contribution in [3.05, 3.63) is 59.7 Å². The normalized spacial score (nSPS) is 14.0. The van der Waals surface area contributed by atoms with E-state index in [0.29, 0.717) is 0 Å². The molecule has 198 valence electrons. The molecule has 2 rings (SSSR count).